The van der Waals surface area contributed by atoms with Crippen molar-refractivity contribution in [2.24, 2.45) is 0 Å². The third-order valence-electron chi connectivity index (χ3n) is 3.19. The minimum atomic E-state index is -1.22. The smallest absolute Gasteiger partial charge is 0.331 e. The van der Waals surface area contributed by atoms with Gasteiger partial charge in [-0.2, -0.15) is 0 Å². The van der Waals surface area contributed by atoms with Gasteiger partial charge in [-0.3, -0.25) is 9.59 Å². The summed E-state index contributed by atoms with van der Waals surface area (Å²) < 4.78 is 26.4. The molecule has 1 heterocycles. The monoisotopic (exact) mass is 295 g/mol. The minimum Gasteiger partial charge on any atom is -0.478 e. The lowest BCUT2D eigenvalue weighted by Gasteiger charge is -2.14. The summed E-state index contributed by atoms with van der Waals surface area (Å²) in [7, 11) is 0. The molecule has 7 heteroatoms. The number of hydrogen-bond donors (Lipinski definition) is 1. The Morgan fingerprint density at radius 1 is 1.29 bits per heavy atom. The van der Waals surface area contributed by atoms with E-state index in [1.165, 1.54) is 6.08 Å². The maximum absolute atomic E-state index is 13.3. The van der Waals surface area contributed by atoms with Crippen LogP contribution in [0.2, 0.25) is 0 Å². The van der Waals surface area contributed by atoms with Crippen molar-refractivity contribution in [2.75, 3.05) is 11.4 Å². The van der Waals surface area contributed by atoms with Crippen LogP contribution >= 0.6 is 0 Å². The number of benzene rings is 1. The van der Waals surface area contributed by atoms with E-state index in [4.69, 9.17) is 5.11 Å². The van der Waals surface area contributed by atoms with Gasteiger partial charge < -0.3 is 10.0 Å². The highest BCUT2D eigenvalue weighted by Crippen LogP contribution is 2.31. The normalized spacial score (nSPS) is 14.6. The molecule has 0 aliphatic carbocycles. The second-order valence-corrected chi connectivity index (χ2v) is 4.42. The Hall–Kier alpha value is -2.57. The predicted octanol–water partition coefficient (Wildman–Crippen LogP) is 1.92. The fourth-order valence-electron chi connectivity index (χ4n) is 2.05. The number of amides is 1. The van der Waals surface area contributed by atoms with Gasteiger partial charge in [0, 0.05) is 18.2 Å². The van der Waals surface area contributed by atoms with Crippen LogP contribution in [-0.4, -0.2) is 29.3 Å². The number of anilines is 1. The molecule has 1 amide bonds. The number of Topliss-reactive ketones (excluding diaryl/α,β-unsaturated/α-hetero) is 1. The van der Waals surface area contributed by atoms with E-state index in [1.54, 1.807) is 6.92 Å². The van der Waals surface area contributed by atoms with E-state index < -0.39 is 29.3 Å². The Bertz CT molecular complexity index is 682. The van der Waals surface area contributed by atoms with Gasteiger partial charge in [0.05, 0.1) is 11.3 Å². The molecule has 0 fully saturated rings. The lowest BCUT2D eigenvalue weighted by atomic mass is 10.1. The highest BCUT2D eigenvalue weighted by atomic mass is 19.2. The van der Waals surface area contributed by atoms with E-state index in [2.05, 4.69) is 0 Å². The Morgan fingerprint density at radius 2 is 1.90 bits per heavy atom. The number of carbonyl (C=O) groups excluding carboxylic acids is 2. The topological polar surface area (TPSA) is 74.7 Å². The first-order valence-electron chi connectivity index (χ1n) is 6.14. The van der Waals surface area contributed by atoms with Crippen molar-refractivity contribution in [3.8, 4) is 0 Å². The average Bonchev–Trinajstić information content (AvgIpc) is 2.65. The zero-order valence-corrected chi connectivity index (χ0v) is 11.0. The summed E-state index contributed by atoms with van der Waals surface area (Å²) in [6, 6.07) is 1.43. The summed E-state index contributed by atoms with van der Waals surface area (Å²) in [4.78, 5) is 35.3. The fraction of sp³-hybridized carbons (Fsp3) is 0.214. The third kappa shape index (κ3) is 2.54. The number of rotatable bonds is 4. The van der Waals surface area contributed by atoms with Crippen molar-refractivity contribution in [3.63, 3.8) is 0 Å². The zero-order chi connectivity index (χ0) is 15.7. The number of hydrogen-bond acceptors (Lipinski definition) is 3. The highest BCUT2D eigenvalue weighted by Gasteiger charge is 2.36. The fourth-order valence-corrected chi connectivity index (χ4v) is 2.05. The van der Waals surface area contributed by atoms with Gasteiger partial charge in [-0.1, -0.05) is 13.0 Å². The lowest BCUT2D eigenvalue weighted by Crippen LogP contribution is -2.30. The molecule has 1 aromatic rings. The van der Waals surface area contributed by atoms with Gasteiger partial charge in [0.15, 0.2) is 11.6 Å². The van der Waals surface area contributed by atoms with Crippen molar-refractivity contribution in [3.05, 3.63) is 41.0 Å². The molecule has 110 valence electrons. The van der Waals surface area contributed by atoms with Crippen LogP contribution in [0.5, 0.6) is 0 Å². The SMILES string of the molecule is CC/C(=C/CN1C(=O)C(=O)c2cc(F)c(F)cc21)C(=O)O. The summed E-state index contributed by atoms with van der Waals surface area (Å²) in [5.41, 5.74) is -0.215. The van der Waals surface area contributed by atoms with E-state index in [1.807, 2.05) is 0 Å². The number of halogens is 2. The molecule has 0 spiro atoms. The Labute approximate surface area is 118 Å². The number of ketones is 1. The maximum Gasteiger partial charge on any atom is 0.331 e. The molecule has 0 aromatic heterocycles. The van der Waals surface area contributed by atoms with Crippen LogP contribution in [0.15, 0.2) is 23.8 Å². The Balaban J connectivity index is 2.39. The lowest BCUT2D eigenvalue weighted by molar-refractivity contribution is -0.132. The number of carboxylic acids is 1. The molecule has 1 aliphatic heterocycles. The van der Waals surface area contributed by atoms with E-state index >= 15 is 0 Å². The summed E-state index contributed by atoms with van der Waals surface area (Å²) in [5, 5.41) is 8.89. The first-order valence-corrected chi connectivity index (χ1v) is 6.14. The maximum atomic E-state index is 13.3. The van der Waals surface area contributed by atoms with E-state index in [-0.39, 0.29) is 29.8 Å². The molecule has 0 saturated carbocycles. The molecule has 0 saturated heterocycles. The first-order chi connectivity index (χ1) is 9.86. The average molecular weight is 295 g/mol. The van der Waals surface area contributed by atoms with Crippen LogP contribution in [0.3, 0.4) is 0 Å². The van der Waals surface area contributed by atoms with Crippen molar-refractivity contribution in [1.29, 1.82) is 0 Å². The molecule has 1 N–H and O–H groups in total. The third-order valence-corrected chi connectivity index (χ3v) is 3.19. The number of aliphatic carboxylic acids is 1. The molecule has 0 bridgehead atoms. The van der Waals surface area contributed by atoms with Crippen LogP contribution in [0.25, 0.3) is 0 Å². The number of nitrogens with zero attached hydrogens (tertiary/aromatic N) is 1. The van der Waals surface area contributed by atoms with Crippen LogP contribution in [0.1, 0.15) is 23.7 Å². The largest absolute Gasteiger partial charge is 0.478 e. The molecule has 21 heavy (non-hydrogen) atoms. The standard InChI is InChI=1S/C14H11F2NO4/c1-2-7(14(20)21)3-4-17-11-6-10(16)9(15)5-8(11)12(18)13(17)19/h3,5-6H,2,4H2,1H3,(H,20,21)/b7-3-. The van der Waals surface area contributed by atoms with E-state index in [0.29, 0.717) is 6.07 Å². The van der Waals surface area contributed by atoms with E-state index in [0.717, 1.165) is 11.0 Å². The summed E-state index contributed by atoms with van der Waals surface area (Å²) in [6.45, 7) is 1.43. The van der Waals surface area contributed by atoms with Crippen molar-refractivity contribution < 1.29 is 28.3 Å². The molecule has 2 rings (SSSR count). The number of fused-ring (bicyclic) bond motifs is 1. The quantitative estimate of drug-likeness (QED) is 0.680. The minimum absolute atomic E-state index is 0.0546. The van der Waals surface area contributed by atoms with Crippen molar-refractivity contribution in [2.45, 2.75) is 13.3 Å². The van der Waals surface area contributed by atoms with Gasteiger partial charge in [0.1, 0.15) is 0 Å². The number of carboxylic acid groups (broad SMARTS) is 1. The first kappa shape index (κ1) is 14.8. The molecule has 5 nitrogen and oxygen atoms in total. The van der Waals surface area contributed by atoms with Crippen molar-refractivity contribution in [1.82, 2.24) is 0 Å². The van der Waals surface area contributed by atoms with Crippen LogP contribution in [0.4, 0.5) is 14.5 Å². The van der Waals surface area contributed by atoms with Crippen LogP contribution < -0.4 is 4.90 Å². The zero-order valence-electron chi connectivity index (χ0n) is 11.0. The second kappa shape index (κ2) is 5.43. The van der Waals surface area contributed by atoms with E-state index in [9.17, 15) is 23.2 Å². The number of carbonyl (C=O) groups is 3. The molecule has 0 unspecified atom stereocenters. The second-order valence-electron chi connectivity index (χ2n) is 4.42. The molecule has 1 aromatic carbocycles. The summed E-state index contributed by atoms with van der Waals surface area (Å²) in [6.07, 6.45) is 1.50. The molecule has 0 radical (unpaired) electrons. The Morgan fingerprint density at radius 3 is 2.48 bits per heavy atom. The summed E-state index contributed by atoms with van der Waals surface area (Å²) >= 11 is 0. The summed E-state index contributed by atoms with van der Waals surface area (Å²) in [5.74, 6) is -5.41. The predicted molar refractivity (Wildman–Crippen MR) is 69.1 cm³/mol. The van der Waals surface area contributed by atoms with Crippen molar-refractivity contribution >= 4 is 23.3 Å². The van der Waals surface area contributed by atoms with Gasteiger partial charge >= 0.3 is 5.97 Å². The molecule has 1 aliphatic rings. The van der Waals surface area contributed by atoms with Crippen LogP contribution in [-0.2, 0) is 9.59 Å². The molecule has 0 atom stereocenters. The molecular weight excluding hydrogens is 284 g/mol. The van der Waals surface area contributed by atoms with Crippen LogP contribution in [0, 0.1) is 11.6 Å². The van der Waals surface area contributed by atoms with Gasteiger partial charge in [-0.05, 0) is 12.5 Å². The highest BCUT2D eigenvalue weighted by molar-refractivity contribution is 6.52. The van der Waals surface area contributed by atoms with Gasteiger partial charge in [-0.25, -0.2) is 13.6 Å². The van der Waals surface area contributed by atoms with Gasteiger partial charge in [0.2, 0.25) is 0 Å². The van der Waals surface area contributed by atoms with Gasteiger partial charge in [0.25, 0.3) is 11.7 Å². The molecular formula is C14H11F2NO4. The van der Waals surface area contributed by atoms with Gasteiger partial charge in [-0.15, -0.1) is 0 Å². The Kier molecular flexibility index (Phi) is 3.84.